The molecular weight excluding hydrogens is 671 g/mol. The molecule has 4 aromatic carbocycles. The molecule has 248 valence electrons. The molecule has 0 amide bonds. The Balaban J connectivity index is 1.38. The van der Waals surface area contributed by atoms with E-state index in [-0.39, 0.29) is 32.0 Å². The Morgan fingerprint density at radius 2 is 0.837 bits per heavy atom. The van der Waals surface area contributed by atoms with E-state index in [0.29, 0.717) is 9.75 Å². The molecule has 0 aliphatic heterocycles. The summed E-state index contributed by atoms with van der Waals surface area (Å²) >= 11 is 2.24. The fourth-order valence-electron chi connectivity index (χ4n) is 6.92. The maximum Gasteiger partial charge on any atom is 0.380 e. The largest absolute Gasteiger partial charge is 0.380 e. The van der Waals surface area contributed by atoms with Crippen molar-refractivity contribution in [2.45, 2.75) is 45.5 Å². The van der Waals surface area contributed by atoms with Gasteiger partial charge in [0.1, 0.15) is 0 Å². The number of fused-ring (bicyclic) bond motifs is 2. The Kier molecular flexibility index (Phi) is 8.03. The molecule has 0 radical (unpaired) electrons. The summed E-state index contributed by atoms with van der Waals surface area (Å²) in [5, 5.41) is 3.99. The highest BCUT2D eigenvalue weighted by atomic mass is 32.1. The lowest BCUT2D eigenvalue weighted by molar-refractivity contribution is -0.254. The molecule has 0 saturated carbocycles. The van der Waals surface area contributed by atoms with Crippen molar-refractivity contribution in [3.05, 3.63) is 138 Å². The van der Waals surface area contributed by atoms with Crippen LogP contribution in [0.1, 0.15) is 52.9 Å². The minimum Gasteiger partial charge on any atom is -0.194 e. The second-order valence-electron chi connectivity index (χ2n) is 12.3. The first-order valence-corrected chi connectivity index (χ1v) is 17.3. The smallest absolute Gasteiger partial charge is 0.194 e. The van der Waals surface area contributed by atoms with Crippen LogP contribution in [0.5, 0.6) is 0 Å². The van der Waals surface area contributed by atoms with E-state index in [1.165, 1.54) is 27.7 Å². The number of rotatable bonds is 6. The van der Waals surface area contributed by atoms with Gasteiger partial charge in [0.15, 0.2) is 0 Å². The van der Waals surface area contributed by atoms with Crippen molar-refractivity contribution in [2.24, 2.45) is 0 Å². The average Bonchev–Trinajstić information content (AvgIpc) is 3.55. The summed E-state index contributed by atoms with van der Waals surface area (Å²) in [4.78, 5) is 1.58. The van der Waals surface area contributed by atoms with E-state index in [0.717, 1.165) is 55.3 Å². The molecule has 1 aliphatic carbocycles. The third kappa shape index (κ3) is 5.10. The summed E-state index contributed by atoms with van der Waals surface area (Å²) in [6.07, 6.45) is 7.13. The van der Waals surface area contributed by atoms with Gasteiger partial charge in [-0.05, 0) is 83.6 Å². The molecule has 0 unspecified atom stereocenters. The molecule has 0 spiro atoms. The van der Waals surface area contributed by atoms with Crippen LogP contribution in [0.4, 0.5) is 26.3 Å². The van der Waals surface area contributed by atoms with Crippen molar-refractivity contribution in [3.8, 4) is 0 Å². The minimum atomic E-state index is -5.63. The van der Waals surface area contributed by atoms with Crippen LogP contribution in [0.25, 0.3) is 57.0 Å². The Bertz CT molecular complexity index is 2190. The van der Waals surface area contributed by atoms with Gasteiger partial charge in [0.25, 0.3) is 0 Å². The van der Waals surface area contributed by atoms with Crippen LogP contribution < -0.4 is 0 Å². The van der Waals surface area contributed by atoms with Crippen LogP contribution in [-0.4, -0.2) is 17.8 Å². The Labute approximate surface area is 288 Å². The molecular formula is C41H30F6S2. The fourth-order valence-corrected chi connectivity index (χ4v) is 9.07. The zero-order chi connectivity index (χ0) is 34.9. The lowest BCUT2D eigenvalue weighted by Crippen LogP contribution is -2.49. The zero-order valence-electron chi connectivity index (χ0n) is 27.0. The maximum atomic E-state index is 16.0. The second kappa shape index (κ2) is 11.9. The fraction of sp³-hybridized carbons (Fsp3) is 0.171. The zero-order valence-corrected chi connectivity index (χ0v) is 28.6. The number of benzene rings is 4. The Morgan fingerprint density at radius 1 is 0.469 bits per heavy atom. The third-order valence-electron chi connectivity index (χ3n) is 9.36. The monoisotopic (exact) mass is 700 g/mol. The molecule has 0 bridgehead atoms. The van der Waals surface area contributed by atoms with Crippen LogP contribution in [0.15, 0.2) is 84.9 Å². The molecule has 0 fully saturated rings. The molecule has 0 saturated heterocycles. The van der Waals surface area contributed by atoms with Gasteiger partial charge < -0.3 is 0 Å². The van der Waals surface area contributed by atoms with Gasteiger partial charge in [0.2, 0.25) is 0 Å². The number of alkyl halides is 6. The SMILES string of the molecule is Cc1sc(C=Cc2cccc3ccccc23)c(C)c1C1=C(c2c(C)sc(C=Cc3cccc4ccccc34)c2C)C(F)(F)C(F)(F)C1(F)F. The van der Waals surface area contributed by atoms with Gasteiger partial charge in [0.05, 0.1) is 0 Å². The van der Waals surface area contributed by atoms with Crippen LogP contribution in [0, 0.1) is 27.7 Å². The van der Waals surface area contributed by atoms with Crippen LogP contribution >= 0.6 is 22.7 Å². The molecule has 1 aliphatic rings. The first-order valence-electron chi connectivity index (χ1n) is 15.7. The van der Waals surface area contributed by atoms with Crippen LogP contribution in [-0.2, 0) is 0 Å². The van der Waals surface area contributed by atoms with Crippen molar-refractivity contribution in [1.29, 1.82) is 0 Å². The molecule has 8 heteroatoms. The lowest BCUT2D eigenvalue weighted by atomic mass is 9.90. The van der Waals surface area contributed by atoms with E-state index in [4.69, 9.17) is 0 Å². The van der Waals surface area contributed by atoms with Crippen LogP contribution in [0.2, 0.25) is 0 Å². The molecule has 49 heavy (non-hydrogen) atoms. The molecule has 6 aromatic rings. The number of allylic oxidation sites excluding steroid dienone is 2. The van der Waals surface area contributed by atoms with E-state index in [9.17, 15) is 0 Å². The summed E-state index contributed by atoms with van der Waals surface area (Å²) in [6, 6.07) is 27.1. The molecule has 7 rings (SSSR count). The average molecular weight is 701 g/mol. The van der Waals surface area contributed by atoms with Crippen LogP contribution in [0.3, 0.4) is 0 Å². The summed E-state index contributed by atoms with van der Waals surface area (Å²) in [6.45, 7) is 6.09. The number of halogens is 6. The van der Waals surface area contributed by atoms with Crippen molar-refractivity contribution in [1.82, 2.24) is 0 Å². The van der Waals surface area contributed by atoms with Crippen molar-refractivity contribution < 1.29 is 26.3 Å². The highest BCUT2D eigenvalue weighted by Crippen LogP contribution is 2.66. The topological polar surface area (TPSA) is 0 Å². The number of hydrogen-bond acceptors (Lipinski definition) is 2. The summed E-state index contributed by atoms with van der Waals surface area (Å²) < 4.78 is 94.7. The molecule has 2 aromatic heterocycles. The Morgan fingerprint density at radius 3 is 1.24 bits per heavy atom. The minimum absolute atomic E-state index is 0.251. The number of aryl methyl sites for hydroxylation is 2. The maximum absolute atomic E-state index is 16.0. The normalized spacial score (nSPS) is 17.0. The second-order valence-corrected chi connectivity index (χ2v) is 14.8. The predicted molar refractivity (Wildman–Crippen MR) is 195 cm³/mol. The molecule has 2 heterocycles. The molecule has 0 nitrogen and oxygen atoms in total. The van der Waals surface area contributed by atoms with Gasteiger partial charge in [-0.3, -0.25) is 0 Å². The number of thiophene rings is 2. The van der Waals surface area contributed by atoms with Crippen molar-refractivity contribution in [3.63, 3.8) is 0 Å². The van der Waals surface area contributed by atoms with Gasteiger partial charge in [0, 0.05) is 41.8 Å². The van der Waals surface area contributed by atoms with E-state index >= 15 is 26.3 Å². The quantitative estimate of drug-likeness (QED) is 0.152. The summed E-state index contributed by atoms with van der Waals surface area (Å²) in [5.41, 5.74) is -0.845. The van der Waals surface area contributed by atoms with Crippen molar-refractivity contribution in [2.75, 3.05) is 0 Å². The van der Waals surface area contributed by atoms with Gasteiger partial charge >= 0.3 is 17.8 Å². The standard InChI is InChI=1S/C41H30F6S2/c1-23-33(21-19-29-15-9-13-27-11-5-7-17-31(27)29)48-25(3)35(23)37-38(40(44,45)41(46,47)39(37,42)43)36-24(2)34(49-26(36)4)22-20-30-16-10-14-28-12-6-8-18-32(28)30/h5-22H,1-4H3. The van der Waals surface area contributed by atoms with E-state index in [2.05, 4.69) is 0 Å². The van der Waals surface area contributed by atoms with Gasteiger partial charge in [-0.2, -0.15) is 26.3 Å². The highest BCUT2D eigenvalue weighted by Gasteiger charge is 2.80. The predicted octanol–water partition coefficient (Wildman–Crippen LogP) is 13.5. The first-order chi connectivity index (χ1) is 23.3. The van der Waals surface area contributed by atoms with E-state index < -0.39 is 28.9 Å². The highest BCUT2D eigenvalue weighted by molar-refractivity contribution is 7.13. The lowest BCUT2D eigenvalue weighted by Gasteiger charge is -2.26. The number of hydrogen-bond donors (Lipinski definition) is 0. The summed E-state index contributed by atoms with van der Waals surface area (Å²) in [7, 11) is 0. The van der Waals surface area contributed by atoms with Gasteiger partial charge in [-0.15, -0.1) is 22.7 Å². The first kappa shape index (κ1) is 33.1. The third-order valence-corrected chi connectivity index (χ3v) is 11.7. The Hall–Kier alpha value is -4.40. The van der Waals surface area contributed by atoms with Crippen molar-refractivity contribution >= 4 is 79.7 Å². The van der Waals surface area contributed by atoms with Gasteiger partial charge in [-0.1, -0.05) is 97.1 Å². The van der Waals surface area contributed by atoms with Gasteiger partial charge in [-0.25, -0.2) is 0 Å². The molecule has 0 N–H and O–H groups in total. The summed E-state index contributed by atoms with van der Waals surface area (Å²) in [5.74, 6) is -15.9. The van der Waals surface area contributed by atoms with E-state index in [1.54, 1.807) is 12.2 Å². The molecule has 0 atom stereocenters. The van der Waals surface area contributed by atoms with E-state index in [1.807, 2.05) is 97.1 Å².